The third-order valence-corrected chi connectivity index (χ3v) is 4.51. The zero-order valence-corrected chi connectivity index (χ0v) is 15.4. The molecule has 7 heteroatoms. The molecule has 0 saturated carbocycles. The van der Waals surface area contributed by atoms with Gasteiger partial charge in [0.1, 0.15) is 29.4 Å². The van der Waals surface area contributed by atoms with Crippen molar-refractivity contribution < 1.29 is 27.4 Å². The van der Waals surface area contributed by atoms with Gasteiger partial charge in [0.2, 0.25) is 0 Å². The van der Waals surface area contributed by atoms with Crippen molar-refractivity contribution in [1.29, 1.82) is 0 Å². The maximum Gasteiger partial charge on any atom is 0.416 e. The Balaban J connectivity index is 1.61. The summed E-state index contributed by atoms with van der Waals surface area (Å²) in [6.07, 6.45) is -4.42. The molecule has 0 aliphatic rings. The molecule has 0 bridgehead atoms. The fraction of sp³-hybridized carbons (Fsp3) is 0.0870. The Morgan fingerprint density at radius 3 is 2.43 bits per heavy atom. The minimum absolute atomic E-state index is 0.0721. The summed E-state index contributed by atoms with van der Waals surface area (Å²) in [5.41, 5.74) is 0.272. The van der Waals surface area contributed by atoms with E-state index in [1.807, 2.05) is 0 Å². The molecule has 4 aromatic rings. The summed E-state index contributed by atoms with van der Waals surface area (Å²) >= 11 is 0. The number of hydrogen-bond acceptors (Lipinski definition) is 4. The van der Waals surface area contributed by atoms with E-state index in [4.69, 9.17) is 9.15 Å². The topological polar surface area (TPSA) is 59.7 Å². The molecule has 0 unspecified atom stereocenters. The SMILES string of the molecule is O=c1cc(-c2ccc(O)cc2)oc2cc(OCc3cccc(C(F)(F)F)c3)ccc12. The van der Waals surface area contributed by atoms with Crippen LogP contribution in [0.2, 0.25) is 0 Å². The maximum absolute atomic E-state index is 12.8. The van der Waals surface area contributed by atoms with Gasteiger partial charge in [0.25, 0.3) is 0 Å². The van der Waals surface area contributed by atoms with Gasteiger partial charge in [0, 0.05) is 17.7 Å². The van der Waals surface area contributed by atoms with E-state index in [-0.39, 0.29) is 23.4 Å². The van der Waals surface area contributed by atoms with Crippen molar-refractivity contribution in [2.75, 3.05) is 0 Å². The highest BCUT2D eigenvalue weighted by atomic mass is 19.4. The predicted molar refractivity (Wildman–Crippen MR) is 105 cm³/mol. The van der Waals surface area contributed by atoms with E-state index in [1.54, 1.807) is 30.3 Å². The molecule has 0 aliphatic heterocycles. The molecular weight excluding hydrogens is 397 g/mol. The van der Waals surface area contributed by atoms with E-state index >= 15 is 0 Å². The predicted octanol–water partition coefficient (Wildman–Crippen LogP) is 5.76. The minimum Gasteiger partial charge on any atom is -0.508 e. The summed E-state index contributed by atoms with van der Waals surface area (Å²) in [6, 6.07) is 17.1. The molecule has 152 valence electrons. The first-order chi connectivity index (χ1) is 14.3. The zero-order chi connectivity index (χ0) is 21.3. The van der Waals surface area contributed by atoms with Crippen LogP contribution in [0.4, 0.5) is 13.2 Å². The molecule has 3 aromatic carbocycles. The van der Waals surface area contributed by atoms with E-state index < -0.39 is 11.7 Å². The van der Waals surface area contributed by atoms with E-state index in [0.717, 1.165) is 12.1 Å². The highest BCUT2D eigenvalue weighted by molar-refractivity contribution is 5.80. The molecule has 0 spiro atoms. The Morgan fingerprint density at radius 2 is 1.70 bits per heavy atom. The average molecular weight is 412 g/mol. The van der Waals surface area contributed by atoms with E-state index in [2.05, 4.69) is 0 Å². The normalized spacial score (nSPS) is 11.6. The summed E-state index contributed by atoms with van der Waals surface area (Å²) in [7, 11) is 0. The van der Waals surface area contributed by atoms with E-state index in [1.165, 1.54) is 30.3 Å². The molecule has 4 rings (SSSR count). The van der Waals surface area contributed by atoms with Gasteiger partial charge in [-0.1, -0.05) is 12.1 Å². The van der Waals surface area contributed by atoms with Gasteiger partial charge in [-0.25, -0.2) is 0 Å². The van der Waals surface area contributed by atoms with Crippen LogP contribution in [0.1, 0.15) is 11.1 Å². The van der Waals surface area contributed by atoms with E-state index in [0.29, 0.717) is 28.0 Å². The fourth-order valence-corrected chi connectivity index (χ4v) is 3.00. The van der Waals surface area contributed by atoms with Crippen LogP contribution in [0, 0.1) is 0 Å². The van der Waals surface area contributed by atoms with Gasteiger partial charge in [0.05, 0.1) is 10.9 Å². The Morgan fingerprint density at radius 1 is 0.933 bits per heavy atom. The first-order valence-corrected chi connectivity index (χ1v) is 8.96. The van der Waals surface area contributed by atoms with Crippen LogP contribution >= 0.6 is 0 Å². The Kier molecular flexibility index (Phi) is 4.95. The maximum atomic E-state index is 12.8. The Hall–Kier alpha value is -3.74. The van der Waals surface area contributed by atoms with Crippen molar-refractivity contribution in [3.05, 3.63) is 94.1 Å². The largest absolute Gasteiger partial charge is 0.508 e. The lowest BCUT2D eigenvalue weighted by atomic mass is 10.1. The van der Waals surface area contributed by atoms with Crippen molar-refractivity contribution in [3.8, 4) is 22.8 Å². The summed E-state index contributed by atoms with van der Waals surface area (Å²) in [6.45, 7) is -0.0721. The monoisotopic (exact) mass is 412 g/mol. The minimum atomic E-state index is -4.42. The van der Waals surface area contributed by atoms with Gasteiger partial charge in [-0.05, 0) is 54.1 Å². The Bertz CT molecular complexity index is 1260. The van der Waals surface area contributed by atoms with Crippen LogP contribution in [0.25, 0.3) is 22.3 Å². The first-order valence-electron chi connectivity index (χ1n) is 8.96. The third-order valence-electron chi connectivity index (χ3n) is 4.51. The molecule has 1 N–H and O–H groups in total. The molecule has 30 heavy (non-hydrogen) atoms. The standard InChI is InChI=1S/C23H15F3O4/c24-23(25,26)16-3-1-2-14(10-16)13-29-18-8-9-19-20(28)12-21(30-22(19)11-18)15-4-6-17(27)7-5-15/h1-12,27H,13H2. The number of phenolic OH excluding ortho intramolecular Hbond substituents is 1. The molecule has 4 nitrogen and oxygen atoms in total. The number of alkyl halides is 3. The molecule has 0 aliphatic carbocycles. The van der Waals surface area contributed by atoms with E-state index in [9.17, 15) is 23.1 Å². The quantitative estimate of drug-likeness (QED) is 0.463. The van der Waals surface area contributed by atoms with Gasteiger partial charge in [-0.3, -0.25) is 4.79 Å². The summed E-state index contributed by atoms with van der Waals surface area (Å²) < 4.78 is 50.0. The first kappa shape index (κ1) is 19.6. The summed E-state index contributed by atoms with van der Waals surface area (Å²) in [5.74, 6) is 0.764. The second-order valence-electron chi connectivity index (χ2n) is 6.67. The van der Waals surface area contributed by atoms with Crippen LogP contribution in [-0.4, -0.2) is 5.11 Å². The number of benzene rings is 3. The molecule has 0 fully saturated rings. The van der Waals surface area contributed by atoms with Crippen LogP contribution in [0.3, 0.4) is 0 Å². The highest BCUT2D eigenvalue weighted by Gasteiger charge is 2.30. The van der Waals surface area contributed by atoms with Crippen molar-refractivity contribution >= 4 is 11.0 Å². The Labute approximate surface area is 168 Å². The number of halogens is 3. The molecular formula is C23H15F3O4. The van der Waals surface area contributed by atoms with Gasteiger partial charge < -0.3 is 14.3 Å². The van der Waals surface area contributed by atoms with Crippen LogP contribution in [0.15, 0.2) is 82.0 Å². The lowest BCUT2D eigenvalue weighted by Crippen LogP contribution is -2.06. The number of fused-ring (bicyclic) bond motifs is 1. The molecule has 1 aromatic heterocycles. The zero-order valence-electron chi connectivity index (χ0n) is 15.4. The highest BCUT2D eigenvalue weighted by Crippen LogP contribution is 2.30. The second kappa shape index (κ2) is 7.59. The van der Waals surface area contributed by atoms with Crippen molar-refractivity contribution in [2.24, 2.45) is 0 Å². The second-order valence-corrected chi connectivity index (χ2v) is 6.67. The fourth-order valence-electron chi connectivity index (χ4n) is 3.00. The molecule has 0 amide bonds. The number of aromatic hydroxyl groups is 1. The van der Waals surface area contributed by atoms with Crippen LogP contribution in [0.5, 0.6) is 11.5 Å². The average Bonchev–Trinajstić information content (AvgIpc) is 2.72. The smallest absolute Gasteiger partial charge is 0.416 e. The van der Waals surface area contributed by atoms with Crippen LogP contribution in [-0.2, 0) is 12.8 Å². The summed E-state index contributed by atoms with van der Waals surface area (Å²) in [5, 5.41) is 9.76. The molecule has 1 heterocycles. The number of ether oxygens (including phenoxy) is 1. The lowest BCUT2D eigenvalue weighted by Gasteiger charge is -2.10. The number of hydrogen-bond donors (Lipinski definition) is 1. The lowest BCUT2D eigenvalue weighted by molar-refractivity contribution is -0.137. The van der Waals surface area contributed by atoms with Crippen LogP contribution < -0.4 is 10.2 Å². The van der Waals surface area contributed by atoms with Gasteiger partial charge in [0.15, 0.2) is 5.43 Å². The molecule has 0 atom stereocenters. The molecule has 0 radical (unpaired) electrons. The third kappa shape index (κ3) is 4.15. The summed E-state index contributed by atoms with van der Waals surface area (Å²) in [4.78, 5) is 12.4. The molecule has 0 saturated heterocycles. The van der Waals surface area contributed by atoms with Crippen molar-refractivity contribution in [2.45, 2.75) is 12.8 Å². The number of phenols is 1. The van der Waals surface area contributed by atoms with Gasteiger partial charge in [-0.15, -0.1) is 0 Å². The van der Waals surface area contributed by atoms with Gasteiger partial charge in [-0.2, -0.15) is 13.2 Å². The number of rotatable bonds is 4. The van der Waals surface area contributed by atoms with Crippen molar-refractivity contribution in [1.82, 2.24) is 0 Å². The van der Waals surface area contributed by atoms with Gasteiger partial charge >= 0.3 is 6.18 Å². The van der Waals surface area contributed by atoms with Crippen molar-refractivity contribution in [3.63, 3.8) is 0 Å².